The maximum absolute atomic E-state index is 10.0. The molecule has 0 saturated carbocycles. The molecule has 1 unspecified atom stereocenters. The molecule has 0 aromatic heterocycles. The molecule has 2 rings (SSSR count). The van der Waals surface area contributed by atoms with E-state index in [1.165, 1.54) is 24.3 Å². The van der Waals surface area contributed by atoms with E-state index in [9.17, 15) is 20.6 Å². The van der Waals surface area contributed by atoms with Crippen LogP contribution in [0.1, 0.15) is 0 Å². The van der Waals surface area contributed by atoms with E-state index in [-0.39, 0.29) is 28.6 Å². The summed E-state index contributed by atoms with van der Waals surface area (Å²) >= 11 is 0. The van der Waals surface area contributed by atoms with Gasteiger partial charge in [-0.25, -0.2) is 5.06 Å². The van der Waals surface area contributed by atoms with Crippen LogP contribution in [0.5, 0.6) is 5.75 Å². The molecule has 0 aliphatic carbocycles. The molecule has 18 heavy (non-hydrogen) atoms. The third-order valence-corrected chi connectivity index (χ3v) is 2.75. The third kappa shape index (κ3) is 1.51. The Balaban J connectivity index is 2.76. The van der Waals surface area contributed by atoms with Crippen LogP contribution < -0.4 is 5.06 Å². The van der Waals surface area contributed by atoms with Gasteiger partial charge in [-0.15, -0.1) is 0 Å². The Morgan fingerprint density at radius 1 is 1.44 bits per heavy atom. The predicted octanol–water partition coefficient (Wildman–Crippen LogP) is 1.70. The molecule has 1 heterocycles. The molecule has 0 bridgehead atoms. The summed E-state index contributed by atoms with van der Waals surface area (Å²) in [5, 5.41) is 40.0. The molecule has 0 radical (unpaired) electrons. The summed E-state index contributed by atoms with van der Waals surface area (Å²) in [7, 11) is 0. The zero-order valence-corrected chi connectivity index (χ0v) is 9.48. The van der Waals surface area contributed by atoms with E-state index in [1.807, 2.05) is 0 Å². The van der Waals surface area contributed by atoms with Crippen LogP contribution in [-0.4, -0.2) is 37.1 Å². The Morgan fingerprint density at radius 2 is 2.11 bits per heavy atom. The van der Waals surface area contributed by atoms with Crippen LogP contribution in [0.4, 0.5) is 11.4 Å². The Bertz CT molecular complexity index is 565. The van der Waals surface area contributed by atoms with Gasteiger partial charge in [0, 0.05) is 10.8 Å². The fourth-order valence-corrected chi connectivity index (χ4v) is 1.94. The number of benzene rings is 1. The number of rotatable bonds is 2. The number of phenols is 1. The number of aliphatic hydroxyl groups is 1. The van der Waals surface area contributed by atoms with Crippen molar-refractivity contribution in [3.8, 4) is 5.75 Å². The molecule has 1 aliphatic heterocycles. The van der Waals surface area contributed by atoms with Gasteiger partial charge in [0.2, 0.25) is 6.04 Å². The van der Waals surface area contributed by atoms with Gasteiger partial charge in [0.05, 0.1) is 0 Å². The Morgan fingerprint density at radius 3 is 2.67 bits per heavy atom. The van der Waals surface area contributed by atoms with Crippen molar-refractivity contribution >= 4 is 17.1 Å². The van der Waals surface area contributed by atoms with Crippen molar-refractivity contribution in [2.24, 2.45) is 0 Å². The summed E-state index contributed by atoms with van der Waals surface area (Å²) in [6, 6.07) is 3.29. The zero-order valence-electron chi connectivity index (χ0n) is 9.48. The van der Waals surface area contributed by atoms with Crippen LogP contribution in [-0.2, 0) is 0 Å². The first kappa shape index (κ1) is 12.0. The number of phenolic OH excluding ortho intramolecular Hbond substituents is 1. The first-order valence-corrected chi connectivity index (χ1v) is 5.15. The average molecular weight is 249 g/mol. The van der Waals surface area contributed by atoms with E-state index < -0.39 is 6.04 Å². The number of hydroxylamine groups is 1. The van der Waals surface area contributed by atoms with Gasteiger partial charge in [0.1, 0.15) is 11.4 Å². The molecule has 94 valence electrons. The smallest absolute Gasteiger partial charge is 0.324 e. The fraction of sp³-hybridized carbons (Fsp3) is 0.0833. The average Bonchev–Trinajstić information content (AvgIpc) is 2.32. The van der Waals surface area contributed by atoms with Gasteiger partial charge in [0.25, 0.3) is 5.71 Å². The van der Waals surface area contributed by atoms with Crippen molar-refractivity contribution < 1.29 is 25.4 Å². The second-order valence-corrected chi connectivity index (χ2v) is 3.82. The van der Waals surface area contributed by atoms with Gasteiger partial charge in [0.15, 0.2) is 5.75 Å². The van der Waals surface area contributed by atoms with Crippen molar-refractivity contribution in [3.05, 3.63) is 43.2 Å². The lowest BCUT2D eigenvalue weighted by Crippen LogP contribution is -2.46. The standard InChI is InChI=1S/C12H12N2O4/c1-3-8-11(7(2)15)14(18)9-5-4-6-10(16)12(9)13(8)17/h3-6,11,18H,1-2H2,(H2-,15,16,17)/p+1. The molecule has 0 fully saturated rings. The van der Waals surface area contributed by atoms with Gasteiger partial charge in [-0.1, -0.05) is 19.2 Å². The predicted molar refractivity (Wildman–Crippen MR) is 64.8 cm³/mol. The highest BCUT2D eigenvalue weighted by Gasteiger charge is 2.42. The maximum Gasteiger partial charge on any atom is 0.324 e. The van der Waals surface area contributed by atoms with E-state index in [0.717, 1.165) is 0 Å². The van der Waals surface area contributed by atoms with Crippen LogP contribution >= 0.6 is 0 Å². The van der Waals surface area contributed by atoms with Gasteiger partial charge < -0.3 is 10.2 Å². The van der Waals surface area contributed by atoms with Gasteiger partial charge in [-0.3, -0.25) is 10.4 Å². The SMILES string of the molecule is C=CC1=[N+](O)c2c(O)cccc2N(O)C1C(=C)O. The number of hydrogen-bond acceptors (Lipinski definition) is 5. The molecule has 6 heteroatoms. The van der Waals surface area contributed by atoms with Crippen molar-refractivity contribution in [1.29, 1.82) is 0 Å². The molecule has 1 aliphatic rings. The summed E-state index contributed by atoms with van der Waals surface area (Å²) in [4.78, 5) is 0. The van der Waals surface area contributed by atoms with Gasteiger partial charge >= 0.3 is 5.69 Å². The topological polar surface area (TPSA) is 87.2 Å². The first-order chi connectivity index (χ1) is 8.49. The molecule has 1 aromatic rings. The molecule has 0 spiro atoms. The molecule has 1 atom stereocenters. The normalized spacial score (nSPS) is 18.5. The molecular formula is C12H13N2O4+. The minimum absolute atomic E-state index is 0.00685. The van der Waals surface area contributed by atoms with Crippen LogP contribution in [0, 0.1) is 0 Å². The molecule has 1 aromatic carbocycles. The van der Waals surface area contributed by atoms with Gasteiger partial charge in [-0.05, 0) is 12.1 Å². The van der Waals surface area contributed by atoms with Crippen molar-refractivity contribution in [1.82, 2.24) is 0 Å². The summed E-state index contributed by atoms with van der Waals surface area (Å²) < 4.78 is 0.663. The Kier molecular flexibility index (Phi) is 2.72. The lowest BCUT2D eigenvalue weighted by molar-refractivity contribution is -0.714. The lowest BCUT2D eigenvalue weighted by Gasteiger charge is -2.28. The minimum atomic E-state index is -1.05. The number of fused-ring (bicyclic) bond motifs is 1. The number of para-hydroxylation sites is 1. The molecule has 0 saturated heterocycles. The van der Waals surface area contributed by atoms with Gasteiger partial charge in [-0.2, -0.15) is 0 Å². The van der Waals surface area contributed by atoms with Crippen molar-refractivity contribution in [2.75, 3.05) is 5.06 Å². The number of aliphatic hydroxyl groups excluding tert-OH is 1. The van der Waals surface area contributed by atoms with E-state index in [0.29, 0.717) is 9.80 Å². The zero-order chi connectivity index (χ0) is 13.4. The largest absolute Gasteiger partial charge is 0.510 e. The van der Waals surface area contributed by atoms with E-state index in [1.54, 1.807) is 0 Å². The summed E-state index contributed by atoms with van der Waals surface area (Å²) in [6.07, 6.45) is 1.25. The summed E-state index contributed by atoms with van der Waals surface area (Å²) in [6.45, 7) is 6.84. The lowest BCUT2D eigenvalue weighted by atomic mass is 10.1. The van der Waals surface area contributed by atoms with E-state index in [2.05, 4.69) is 13.2 Å². The van der Waals surface area contributed by atoms with Crippen LogP contribution in [0.25, 0.3) is 0 Å². The highest BCUT2D eigenvalue weighted by molar-refractivity contribution is 6.01. The fourth-order valence-electron chi connectivity index (χ4n) is 1.94. The third-order valence-electron chi connectivity index (χ3n) is 2.75. The highest BCUT2D eigenvalue weighted by Crippen LogP contribution is 2.40. The van der Waals surface area contributed by atoms with Crippen molar-refractivity contribution in [2.45, 2.75) is 6.04 Å². The number of hydrogen-bond donors (Lipinski definition) is 4. The number of anilines is 1. The molecule has 0 amide bonds. The first-order valence-electron chi connectivity index (χ1n) is 5.15. The molecule has 4 N–H and O–H groups in total. The maximum atomic E-state index is 10.0. The summed E-state index contributed by atoms with van der Waals surface area (Å²) in [5.74, 6) is -0.573. The molecule has 6 nitrogen and oxygen atoms in total. The quantitative estimate of drug-likeness (QED) is 0.364. The van der Waals surface area contributed by atoms with Crippen molar-refractivity contribution in [3.63, 3.8) is 0 Å². The highest BCUT2D eigenvalue weighted by atomic mass is 16.5. The number of nitrogens with zero attached hydrogens (tertiary/aromatic N) is 2. The van der Waals surface area contributed by atoms with Crippen LogP contribution in [0.15, 0.2) is 43.2 Å². The molecular weight excluding hydrogens is 236 g/mol. The minimum Gasteiger partial charge on any atom is -0.510 e. The second-order valence-electron chi connectivity index (χ2n) is 3.82. The second kappa shape index (κ2) is 4.08. The monoisotopic (exact) mass is 249 g/mol. The number of aromatic hydroxyl groups is 1. The van der Waals surface area contributed by atoms with E-state index >= 15 is 0 Å². The Labute approximate surface area is 103 Å². The Hall–Kier alpha value is -2.47. The van der Waals surface area contributed by atoms with E-state index in [4.69, 9.17) is 0 Å². The summed E-state index contributed by atoms with van der Waals surface area (Å²) in [5.41, 5.74) is 0.231. The van der Waals surface area contributed by atoms with Crippen LogP contribution in [0.3, 0.4) is 0 Å². The van der Waals surface area contributed by atoms with Crippen LogP contribution in [0.2, 0.25) is 0 Å².